The lowest BCUT2D eigenvalue weighted by Crippen LogP contribution is -2.52. The zero-order valence-electron chi connectivity index (χ0n) is 74.1. The van der Waals surface area contributed by atoms with Gasteiger partial charge in [-0.25, -0.2) is 29.3 Å². The van der Waals surface area contributed by atoms with Crippen LogP contribution in [0.1, 0.15) is 310 Å². The smallest absolute Gasteiger partial charge is 0.357 e. The zero-order chi connectivity index (χ0) is 87.1. The number of aromatic nitrogens is 3. The maximum Gasteiger partial charge on any atom is 0.357 e. The van der Waals surface area contributed by atoms with Crippen LogP contribution < -0.4 is 0 Å². The molecular weight excluding hydrogens is 1560 g/mol. The zero-order valence-corrected chi connectivity index (χ0v) is 76.5. The van der Waals surface area contributed by atoms with Gasteiger partial charge in [0.15, 0.2) is 47.9 Å². The lowest BCUT2D eigenvalue weighted by molar-refractivity contribution is -0.165. The number of carbonyl (C=O) groups is 11. The lowest BCUT2D eigenvalue weighted by atomic mass is 9.82. The molecule has 3 aromatic rings. The van der Waals surface area contributed by atoms with Gasteiger partial charge in [-0.1, -0.05) is 142 Å². The molecule has 4 aliphatic heterocycles. The molecule has 117 heavy (non-hydrogen) atoms. The first-order valence-electron chi connectivity index (χ1n) is 42.9. The van der Waals surface area contributed by atoms with Crippen LogP contribution in [-0.4, -0.2) is 233 Å². The fourth-order valence-electron chi connectivity index (χ4n) is 16.1. The highest BCUT2D eigenvalue weighted by Gasteiger charge is 2.44. The molecule has 4 saturated heterocycles. The van der Waals surface area contributed by atoms with Crippen LogP contribution in [0, 0.1) is 53.3 Å². The van der Waals surface area contributed by atoms with E-state index < -0.39 is 47.9 Å². The summed E-state index contributed by atoms with van der Waals surface area (Å²) < 4.78 is 31.6. The SMILES string of the molecule is CCCC(=O)OCN(C(=O)[C@@H](CC(=O)C1CCCCN1C)[C@@H](C)CC)[C@H](C[C@@H](C)c1nc(C(=O)OC)cs1)C(C)C.CCCC(=O)OCN(C(=O)[C@@H](CC(=O)C1CCCCN1C)[C@@H](C)CC)[C@H](C[C@@H](O)c1nc(C(=O)OC)cs1)C(C)C.CC[C@H](C)[C@H](CC(=O)C1CCCCN1C)C(=O)N1CO[C@@H](c2nc(C(=O)OC)cs2)C[C@@H]1C(C)C. The number of aliphatic hydroxyl groups excluding tert-OH is 1. The van der Waals surface area contributed by atoms with E-state index in [-0.39, 0.29) is 200 Å². The van der Waals surface area contributed by atoms with E-state index in [1.165, 1.54) is 54.3 Å². The largest absolute Gasteiger partial charge is 0.464 e. The third-order valence-electron chi connectivity index (χ3n) is 24.3. The van der Waals surface area contributed by atoms with Crippen LogP contribution in [0.25, 0.3) is 0 Å². The van der Waals surface area contributed by atoms with Crippen molar-refractivity contribution in [3.8, 4) is 0 Å². The van der Waals surface area contributed by atoms with Crippen LogP contribution in [0.4, 0.5) is 0 Å². The highest BCUT2D eigenvalue weighted by Crippen LogP contribution is 2.39. The molecule has 15 atom stereocenters. The highest BCUT2D eigenvalue weighted by atomic mass is 32.1. The van der Waals surface area contributed by atoms with Crippen LogP contribution in [-0.2, 0) is 66.8 Å². The number of rotatable bonds is 41. The first-order chi connectivity index (χ1) is 55.6. The molecule has 0 aromatic carbocycles. The second-order valence-corrected chi connectivity index (χ2v) is 36.4. The van der Waals surface area contributed by atoms with Crippen LogP contribution in [0.15, 0.2) is 16.1 Å². The molecule has 660 valence electrons. The second-order valence-electron chi connectivity index (χ2n) is 33.7. The van der Waals surface area contributed by atoms with Crippen LogP contribution in [0.5, 0.6) is 0 Å². The van der Waals surface area contributed by atoms with Crippen molar-refractivity contribution in [1.82, 2.24) is 44.4 Å². The number of hydrogen-bond donors (Lipinski definition) is 1. The highest BCUT2D eigenvalue weighted by molar-refractivity contribution is 7.10. The van der Waals surface area contributed by atoms with Crippen LogP contribution in [0.3, 0.4) is 0 Å². The van der Waals surface area contributed by atoms with Crippen molar-refractivity contribution in [2.24, 2.45) is 53.3 Å². The Morgan fingerprint density at radius 1 is 0.513 bits per heavy atom. The number of ether oxygens (including phenoxy) is 6. The average Bonchev–Trinajstić information content (AvgIpc) is 1.61. The third-order valence-corrected chi connectivity index (χ3v) is 27.3. The number of methoxy groups -OCH3 is 3. The Morgan fingerprint density at radius 3 is 1.27 bits per heavy atom. The lowest BCUT2D eigenvalue weighted by Gasteiger charge is -2.43. The molecule has 0 saturated carbocycles. The van der Waals surface area contributed by atoms with Crippen molar-refractivity contribution in [3.63, 3.8) is 0 Å². The van der Waals surface area contributed by atoms with E-state index in [1.54, 1.807) is 15.7 Å². The van der Waals surface area contributed by atoms with Gasteiger partial charge >= 0.3 is 29.8 Å². The minimum atomic E-state index is -1.06. The number of amides is 3. The molecule has 3 unspecified atom stereocenters. The number of thiazole rings is 3. The molecule has 0 radical (unpaired) electrons. The monoisotopic (exact) mass is 1700 g/mol. The number of esters is 5. The number of likely N-dealkylation sites (tertiary alicyclic amines) is 3. The number of carbonyl (C=O) groups excluding carboxylic acids is 11. The predicted molar refractivity (Wildman–Crippen MR) is 453 cm³/mol. The number of nitrogens with zero attached hydrogens (tertiary/aromatic N) is 9. The number of Topliss-reactive ketones (excluding diaryl/α,β-unsaturated/α-hetero) is 3. The van der Waals surface area contributed by atoms with Crippen molar-refractivity contribution >= 4 is 98.9 Å². The summed E-state index contributed by atoms with van der Waals surface area (Å²) in [7, 11) is 9.89. The van der Waals surface area contributed by atoms with Gasteiger partial charge in [0.1, 0.15) is 29.0 Å². The maximum atomic E-state index is 14.4. The molecule has 7 rings (SSSR count). The molecule has 27 nitrogen and oxygen atoms in total. The van der Waals surface area contributed by atoms with E-state index in [1.807, 2.05) is 102 Å². The molecule has 0 spiro atoms. The maximum absolute atomic E-state index is 14.4. The van der Waals surface area contributed by atoms with E-state index in [2.05, 4.69) is 57.3 Å². The summed E-state index contributed by atoms with van der Waals surface area (Å²) in [6.45, 7) is 32.6. The van der Waals surface area contributed by atoms with Gasteiger partial charge in [-0.2, -0.15) is 0 Å². The molecule has 4 aliphatic rings. The van der Waals surface area contributed by atoms with Crippen molar-refractivity contribution in [3.05, 3.63) is 48.2 Å². The number of piperidine rings is 3. The fraction of sp³-hybridized carbons (Fsp3) is 0.770. The van der Waals surface area contributed by atoms with E-state index in [9.17, 15) is 57.8 Å². The summed E-state index contributed by atoms with van der Waals surface area (Å²) in [5, 5.41) is 17.9. The number of ketones is 3. The molecule has 7 heterocycles. The molecule has 4 fully saturated rings. The van der Waals surface area contributed by atoms with E-state index >= 15 is 0 Å². The van der Waals surface area contributed by atoms with Gasteiger partial charge < -0.3 is 48.2 Å². The van der Waals surface area contributed by atoms with Gasteiger partial charge in [0.25, 0.3) is 0 Å². The first kappa shape index (κ1) is 101. The fourth-order valence-corrected chi connectivity index (χ4v) is 18.6. The first-order valence-corrected chi connectivity index (χ1v) is 45.5. The number of likely N-dealkylation sites (N-methyl/N-ethyl adjacent to an activating group) is 3. The van der Waals surface area contributed by atoms with E-state index in [0.29, 0.717) is 37.1 Å². The molecule has 3 amide bonds. The Labute approximate surface area is 708 Å². The quantitative estimate of drug-likeness (QED) is 0.0313. The summed E-state index contributed by atoms with van der Waals surface area (Å²) in [6, 6.07) is -1.26. The topological polar surface area (TPSA) is 321 Å². The van der Waals surface area contributed by atoms with Crippen LogP contribution in [0.2, 0.25) is 0 Å². The van der Waals surface area contributed by atoms with Crippen molar-refractivity contribution in [2.45, 2.75) is 299 Å². The molecule has 30 heteroatoms. The van der Waals surface area contributed by atoms with Crippen molar-refractivity contribution in [1.29, 1.82) is 0 Å². The molecule has 0 aliphatic carbocycles. The van der Waals surface area contributed by atoms with E-state index in [4.69, 9.17) is 28.4 Å². The Bertz CT molecular complexity index is 3480. The molecule has 3 aromatic heterocycles. The minimum Gasteiger partial charge on any atom is -0.464 e. The summed E-state index contributed by atoms with van der Waals surface area (Å²) >= 11 is 3.90. The van der Waals surface area contributed by atoms with Gasteiger partial charge in [-0.05, 0) is 134 Å². The third kappa shape index (κ3) is 29.7. The van der Waals surface area contributed by atoms with Gasteiger partial charge in [0, 0.05) is 103 Å². The average molecular weight is 1700 g/mol. The number of hydrogen-bond acceptors (Lipinski definition) is 27. The molecule has 0 bridgehead atoms. The Balaban J connectivity index is 0.000000314. The summed E-state index contributed by atoms with van der Waals surface area (Å²) in [4.78, 5) is 168. The van der Waals surface area contributed by atoms with E-state index in [0.717, 1.165) is 112 Å². The molecular formula is C87H141N9O18S3. The minimum absolute atomic E-state index is 0.0118. The number of aliphatic hydroxyl groups is 1. The predicted octanol–water partition coefficient (Wildman–Crippen LogP) is 14.6. The summed E-state index contributed by atoms with van der Waals surface area (Å²) in [5.41, 5.74) is 0.653. The normalized spacial score (nSPS) is 20.8. The molecule has 1 N–H and O–H groups in total. The summed E-state index contributed by atoms with van der Waals surface area (Å²) in [6.07, 6.45) is 13.4. The summed E-state index contributed by atoms with van der Waals surface area (Å²) in [5.74, 6) is -3.67. The van der Waals surface area contributed by atoms with Crippen molar-refractivity contribution < 1.29 is 86.3 Å². The Morgan fingerprint density at radius 2 is 0.889 bits per heavy atom. The second kappa shape index (κ2) is 50.6. The Kier molecular flexibility index (Phi) is 43.7. The van der Waals surface area contributed by atoms with Gasteiger partial charge in [0.2, 0.25) is 17.7 Å². The van der Waals surface area contributed by atoms with Gasteiger partial charge in [-0.15, -0.1) is 34.0 Å². The van der Waals surface area contributed by atoms with Gasteiger partial charge in [-0.3, -0.25) is 53.1 Å². The van der Waals surface area contributed by atoms with Crippen molar-refractivity contribution in [2.75, 3.05) is 82.3 Å². The standard InChI is InChI=1S/C31H51N3O6S.C30H49N3O7S.C26H41N3O5S/c1-9-13-28(36)40-19-34(26(20(3)4)16-22(6)29-32-24(18-41-29)31(38)39-8)30(37)23(21(5)10-2)17-27(35)25-14-11-12-15-33(25)7;1-8-12-27(36)40-18-33(24(19(3)4)16-26(35)28-31-22(17-41-28)30(38)39-7)29(37)21(20(5)9-2)15-25(34)23-13-10-11-14-32(23)6;1-7-17(4)18(12-22(30)20-10-8-9-11-28(20)5)25(31)29-15-34-23(13-21(29)16(2)3)24-27-19(14-35-24)26(32)33-6/h18,20-23,25-26H,9-17,19H2,1-8H3;17,19-21,23-24,26,35H,8-16,18H2,1-7H3;14,16-18,20-21,23H,7-13,15H2,1-6H3/t21-,22+,23-,25?,26+;20-,21-,23?,24+,26+;17-,18-,20?,21+,23+/m000/s1. The Hall–Kier alpha value is -6.54. The van der Waals surface area contributed by atoms with Gasteiger partial charge in [0.05, 0.1) is 44.5 Å². The van der Waals surface area contributed by atoms with Crippen LogP contribution >= 0.6 is 34.0 Å².